The van der Waals surface area contributed by atoms with Gasteiger partial charge in [-0.2, -0.15) is 18.2 Å². The predicted octanol–water partition coefficient (Wildman–Crippen LogP) is 4.83. The molecule has 0 aromatic carbocycles. The van der Waals surface area contributed by atoms with Crippen LogP contribution in [0.1, 0.15) is 58.7 Å². The first-order valence-corrected chi connectivity index (χ1v) is 12.2. The molecule has 0 radical (unpaired) electrons. The lowest BCUT2D eigenvalue weighted by atomic mass is 10.0. The maximum Gasteiger partial charge on any atom is 0.405 e. The van der Waals surface area contributed by atoms with E-state index < -0.39 is 18.5 Å². The predicted molar refractivity (Wildman–Crippen MR) is 148 cm³/mol. The van der Waals surface area contributed by atoms with Gasteiger partial charge in [-0.3, -0.25) is 0 Å². The van der Waals surface area contributed by atoms with Crippen LogP contribution in [0, 0.1) is 12.8 Å². The molecule has 0 saturated heterocycles. The van der Waals surface area contributed by atoms with Gasteiger partial charge in [0.05, 0.1) is 11.3 Å². The van der Waals surface area contributed by atoms with Gasteiger partial charge in [0.2, 0.25) is 5.95 Å². The van der Waals surface area contributed by atoms with Crippen molar-refractivity contribution in [3.05, 3.63) is 48.3 Å². The smallest absolute Gasteiger partial charge is 0.396 e. The van der Waals surface area contributed by atoms with Gasteiger partial charge in [-0.1, -0.05) is 50.4 Å². The number of aromatic nitrogens is 2. The summed E-state index contributed by atoms with van der Waals surface area (Å²) in [5, 5.41) is 33.6. The van der Waals surface area contributed by atoms with Crippen LogP contribution in [0.5, 0.6) is 0 Å². The summed E-state index contributed by atoms with van der Waals surface area (Å²) in [4.78, 5) is 8.58. The Morgan fingerprint density at radius 2 is 1.70 bits per heavy atom. The van der Waals surface area contributed by atoms with Crippen LogP contribution in [0.25, 0.3) is 0 Å². The second-order valence-corrected chi connectivity index (χ2v) is 8.63. The standard InChI is InChI=1S/C18H26F3N5OS.C4H8.C3H8O2/c1-4-6-8-23-16(28)14-12(3)25-17(24-11-18(19,20)21)26-15(14)22-9-7-13(5-2)10-27;1-3-4-2;1-3(2,4)5/h4,6,8,13,27H,1,5,7,9-11H2,2-3H3,(H,23,28)(H2,22,24,25,26);3-4H,1-2H3;4-5H,1-2H3/b8-6+;4-3-;. The maximum absolute atomic E-state index is 12.5. The van der Waals surface area contributed by atoms with Crippen LogP contribution in [0.2, 0.25) is 0 Å². The number of hydrogen-bond donors (Lipinski definition) is 6. The Kier molecular flexibility index (Phi) is 19.4. The highest BCUT2D eigenvalue weighted by Gasteiger charge is 2.27. The number of anilines is 2. The highest BCUT2D eigenvalue weighted by atomic mass is 32.1. The van der Waals surface area contributed by atoms with Crippen molar-refractivity contribution in [3.8, 4) is 0 Å². The molecule has 37 heavy (non-hydrogen) atoms. The van der Waals surface area contributed by atoms with Crippen molar-refractivity contribution in [2.75, 3.05) is 30.3 Å². The number of nitrogens with one attached hydrogen (secondary N) is 3. The SMILES string of the molecule is C/C=C\C.C=C/C=C/NC(=S)c1c(C)nc(NCC(F)(F)F)nc1NCCC(CC)CO.CC(C)(O)O. The number of thiocarbonyl (C=S) groups is 1. The molecule has 0 amide bonds. The van der Waals surface area contributed by atoms with Gasteiger partial charge in [-0.05, 0) is 53.0 Å². The van der Waals surface area contributed by atoms with Crippen molar-refractivity contribution >= 4 is 29.0 Å². The number of alkyl halides is 3. The molecule has 0 aliphatic carbocycles. The third kappa shape index (κ3) is 21.3. The number of aliphatic hydroxyl groups is 3. The fourth-order valence-corrected chi connectivity index (χ4v) is 2.63. The summed E-state index contributed by atoms with van der Waals surface area (Å²) in [5.41, 5.74) is 0.930. The Balaban J connectivity index is 0. The Bertz CT molecular complexity index is 843. The second kappa shape index (κ2) is 19.6. The van der Waals surface area contributed by atoms with Crippen LogP contribution in [-0.2, 0) is 0 Å². The quantitative estimate of drug-likeness (QED) is 0.0997. The zero-order valence-corrected chi connectivity index (χ0v) is 23.3. The van der Waals surface area contributed by atoms with Crippen molar-refractivity contribution < 1.29 is 28.5 Å². The number of rotatable bonds is 11. The van der Waals surface area contributed by atoms with Gasteiger partial charge in [0.1, 0.15) is 17.4 Å². The van der Waals surface area contributed by atoms with Crippen molar-refractivity contribution in [2.45, 2.75) is 66.3 Å². The molecule has 1 aromatic heterocycles. The lowest BCUT2D eigenvalue weighted by Crippen LogP contribution is -2.25. The topological polar surface area (TPSA) is 123 Å². The molecule has 0 bridgehead atoms. The van der Waals surface area contributed by atoms with E-state index in [1.165, 1.54) is 13.8 Å². The van der Waals surface area contributed by atoms with E-state index in [1.54, 1.807) is 25.3 Å². The number of halogens is 3. The minimum absolute atomic E-state index is 0.0680. The van der Waals surface area contributed by atoms with E-state index in [2.05, 4.69) is 32.5 Å². The van der Waals surface area contributed by atoms with E-state index >= 15 is 0 Å². The number of aryl methyl sites for hydroxylation is 1. The molecule has 12 heteroatoms. The molecule has 1 atom stereocenters. The van der Waals surface area contributed by atoms with E-state index in [1.807, 2.05) is 32.9 Å². The van der Waals surface area contributed by atoms with Crippen LogP contribution < -0.4 is 16.0 Å². The summed E-state index contributed by atoms with van der Waals surface area (Å²) in [7, 11) is 0. The molecule has 8 nitrogen and oxygen atoms in total. The maximum atomic E-state index is 12.5. The van der Waals surface area contributed by atoms with Gasteiger partial charge in [-0.15, -0.1) is 0 Å². The zero-order chi connectivity index (χ0) is 29.1. The van der Waals surface area contributed by atoms with E-state index in [9.17, 15) is 18.3 Å². The molecule has 0 aliphatic rings. The lowest BCUT2D eigenvalue weighted by Gasteiger charge is -2.18. The number of allylic oxidation sites excluding steroid dienone is 4. The van der Waals surface area contributed by atoms with Crippen LogP contribution in [0.15, 0.2) is 37.1 Å². The average molecular weight is 550 g/mol. The number of nitrogens with zero attached hydrogens (tertiary/aromatic N) is 2. The highest BCUT2D eigenvalue weighted by molar-refractivity contribution is 7.80. The summed E-state index contributed by atoms with van der Waals surface area (Å²) >= 11 is 5.37. The fourth-order valence-electron chi connectivity index (χ4n) is 2.31. The summed E-state index contributed by atoms with van der Waals surface area (Å²) < 4.78 is 37.5. The molecule has 212 valence electrons. The summed E-state index contributed by atoms with van der Waals surface area (Å²) in [6, 6.07) is 0. The Morgan fingerprint density at radius 3 is 2.14 bits per heavy atom. The molecule has 6 N–H and O–H groups in total. The normalized spacial score (nSPS) is 12.2. The van der Waals surface area contributed by atoms with Gasteiger partial charge in [0.15, 0.2) is 5.79 Å². The Morgan fingerprint density at radius 1 is 1.14 bits per heavy atom. The first-order valence-electron chi connectivity index (χ1n) is 11.8. The fraction of sp³-hybridized carbons (Fsp3) is 0.560. The number of aliphatic hydroxyl groups excluding tert-OH is 1. The largest absolute Gasteiger partial charge is 0.405 e. The molecule has 0 spiro atoms. The van der Waals surface area contributed by atoms with Crippen molar-refractivity contribution in [2.24, 2.45) is 5.92 Å². The van der Waals surface area contributed by atoms with E-state index in [0.29, 0.717) is 35.0 Å². The molecule has 1 rings (SSSR count). The van der Waals surface area contributed by atoms with Gasteiger partial charge in [0, 0.05) is 19.4 Å². The van der Waals surface area contributed by atoms with Crippen molar-refractivity contribution in [1.82, 2.24) is 15.3 Å². The summed E-state index contributed by atoms with van der Waals surface area (Å²) in [5.74, 6) is -1.18. The molecule has 0 aliphatic heterocycles. The van der Waals surface area contributed by atoms with Crippen LogP contribution >= 0.6 is 12.2 Å². The van der Waals surface area contributed by atoms with E-state index in [4.69, 9.17) is 22.4 Å². The molecular formula is C25H42F3N5O3S. The van der Waals surface area contributed by atoms with Gasteiger partial charge in [-0.25, -0.2) is 4.98 Å². The van der Waals surface area contributed by atoms with Gasteiger partial charge >= 0.3 is 6.18 Å². The van der Waals surface area contributed by atoms with Crippen LogP contribution in [0.3, 0.4) is 0 Å². The summed E-state index contributed by atoms with van der Waals surface area (Å²) in [6.07, 6.45) is 5.93. The molecule has 1 aromatic rings. The first-order chi connectivity index (χ1) is 17.1. The van der Waals surface area contributed by atoms with E-state index in [-0.39, 0.29) is 18.5 Å². The van der Waals surface area contributed by atoms with Crippen LogP contribution in [0.4, 0.5) is 24.9 Å². The highest BCUT2D eigenvalue weighted by Crippen LogP contribution is 2.21. The Hall–Kier alpha value is -2.54. The lowest BCUT2D eigenvalue weighted by molar-refractivity contribution is -0.127. The molecule has 0 saturated carbocycles. The first kappa shape index (κ1) is 36.6. The molecule has 0 fully saturated rings. The molecule has 1 heterocycles. The van der Waals surface area contributed by atoms with Gasteiger partial charge in [0.25, 0.3) is 0 Å². The zero-order valence-electron chi connectivity index (χ0n) is 22.5. The van der Waals surface area contributed by atoms with Crippen LogP contribution in [-0.4, -0.2) is 61.9 Å². The average Bonchev–Trinajstić information content (AvgIpc) is 2.79. The minimum Gasteiger partial charge on any atom is -0.396 e. The molecule has 1 unspecified atom stereocenters. The number of hydrogen-bond acceptors (Lipinski definition) is 8. The van der Waals surface area contributed by atoms with Crippen molar-refractivity contribution in [1.29, 1.82) is 0 Å². The van der Waals surface area contributed by atoms with Gasteiger partial charge < -0.3 is 31.3 Å². The third-order valence-electron chi connectivity index (χ3n) is 4.22. The minimum atomic E-state index is -4.38. The van der Waals surface area contributed by atoms with E-state index in [0.717, 1.165) is 6.42 Å². The summed E-state index contributed by atoms with van der Waals surface area (Å²) in [6.45, 7) is 13.1. The Labute approximate surface area is 223 Å². The third-order valence-corrected chi connectivity index (χ3v) is 4.55. The second-order valence-electron chi connectivity index (χ2n) is 8.23. The molecular weight excluding hydrogens is 507 g/mol. The van der Waals surface area contributed by atoms with Crippen molar-refractivity contribution in [3.63, 3.8) is 0 Å². The monoisotopic (exact) mass is 549 g/mol.